The number of thioether (sulfide) groups is 1. The first-order valence-electron chi connectivity index (χ1n) is 10.1. The van der Waals surface area contributed by atoms with Gasteiger partial charge < -0.3 is 4.98 Å². The maximum atomic E-state index is 6.32. The van der Waals surface area contributed by atoms with Crippen LogP contribution in [0.25, 0.3) is 15.9 Å². The monoisotopic (exact) mass is 435 g/mol. The molecule has 1 unspecified atom stereocenters. The highest BCUT2D eigenvalue weighted by Gasteiger charge is 2.38. The van der Waals surface area contributed by atoms with E-state index in [1.165, 1.54) is 21.6 Å². The summed E-state index contributed by atoms with van der Waals surface area (Å²) in [5.74, 6) is 0.956. The third-order valence-corrected chi connectivity index (χ3v) is 7.33. The van der Waals surface area contributed by atoms with Gasteiger partial charge in [0.15, 0.2) is 0 Å². The highest BCUT2D eigenvalue weighted by atomic mass is 35.5. The van der Waals surface area contributed by atoms with Gasteiger partial charge >= 0.3 is 0 Å². The van der Waals surface area contributed by atoms with Gasteiger partial charge in [-0.2, -0.15) is 0 Å². The largest absolute Gasteiger partial charge is 0.340 e. The van der Waals surface area contributed by atoms with Crippen molar-refractivity contribution >= 4 is 39.3 Å². The molecule has 0 aliphatic carbocycles. The summed E-state index contributed by atoms with van der Waals surface area (Å²) >= 11 is 8.16. The van der Waals surface area contributed by atoms with Gasteiger partial charge in [-0.1, -0.05) is 65.3 Å². The van der Waals surface area contributed by atoms with Crippen LogP contribution in [-0.4, -0.2) is 31.9 Å². The second kappa shape index (κ2) is 7.49. The van der Waals surface area contributed by atoms with Gasteiger partial charge in [0.2, 0.25) is 0 Å². The fourth-order valence-corrected chi connectivity index (χ4v) is 5.43. The lowest BCUT2D eigenvalue weighted by Gasteiger charge is -2.34. The smallest absolute Gasteiger partial charge is 0.126 e. The number of rotatable bonds is 3. The second-order valence-corrected chi connectivity index (χ2v) is 9.86. The molecule has 3 aromatic rings. The number of benzene rings is 2. The van der Waals surface area contributed by atoms with Crippen LogP contribution in [0.15, 0.2) is 48.6 Å². The fourth-order valence-electron chi connectivity index (χ4n) is 4.25. The predicted octanol–water partition coefficient (Wildman–Crippen LogP) is 6.25. The number of aromatic nitrogens is 2. The van der Waals surface area contributed by atoms with Gasteiger partial charge in [-0.25, -0.2) is 9.99 Å². The summed E-state index contributed by atoms with van der Waals surface area (Å²) in [6.07, 6.45) is 4.51. The molecule has 3 heterocycles. The van der Waals surface area contributed by atoms with Crippen molar-refractivity contribution in [3.8, 4) is 0 Å². The van der Waals surface area contributed by atoms with Gasteiger partial charge in [0.1, 0.15) is 5.82 Å². The van der Waals surface area contributed by atoms with Crippen molar-refractivity contribution < 1.29 is 0 Å². The Balaban J connectivity index is 1.50. The summed E-state index contributed by atoms with van der Waals surface area (Å²) in [6, 6.07) is 12.6. The molecular formula is C24H24ClN4S. The Morgan fingerprint density at radius 1 is 1.27 bits per heavy atom. The predicted molar refractivity (Wildman–Crippen MR) is 126 cm³/mol. The molecule has 0 amide bonds. The van der Waals surface area contributed by atoms with Gasteiger partial charge in [0.25, 0.3) is 0 Å². The normalized spacial score (nSPS) is 22.3. The van der Waals surface area contributed by atoms with Crippen molar-refractivity contribution in [2.24, 2.45) is 0 Å². The zero-order valence-corrected chi connectivity index (χ0v) is 18.9. The lowest BCUT2D eigenvalue weighted by molar-refractivity contribution is -0.00383. The summed E-state index contributed by atoms with van der Waals surface area (Å²) in [4.78, 5) is 9.62. The zero-order valence-electron chi connectivity index (χ0n) is 17.4. The molecule has 5 rings (SSSR count). The lowest BCUT2D eigenvalue weighted by Crippen LogP contribution is -2.41. The molecule has 1 N–H and O–H groups in total. The van der Waals surface area contributed by atoms with Crippen LogP contribution in [0.5, 0.6) is 0 Å². The quantitative estimate of drug-likeness (QED) is 0.493. The first kappa shape index (κ1) is 19.7. The molecule has 1 fully saturated rings. The first-order chi connectivity index (χ1) is 14.4. The lowest BCUT2D eigenvalue weighted by atomic mass is 10.1. The van der Waals surface area contributed by atoms with Crippen molar-refractivity contribution in [3.05, 3.63) is 82.3 Å². The van der Waals surface area contributed by atoms with E-state index in [0.29, 0.717) is 0 Å². The van der Waals surface area contributed by atoms with Gasteiger partial charge in [0, 0.05) is 16.5 Å². The van der Waals surface area contributed by atoms with E-state index in [1.54, 1.807) is 0 Å². The molecule has 153 valence electrons. The third-order valence-electron chi connectivity index (χ3n) is 5.82. The summed E-state index contributed by atoms with van der Waals surface area (Å²) in [5, 5.41) is 5.60. The van der Waals surface area contributed by atoms with Gasteiger partial charge in [-0.05, 0) is 50.5 Å². The molecule has 1 radical (unpaired) electrons. The molecular weight excluding hydrogens is 412 g/mol. The molecule has 0 spiro atoms. The molecule has 1 saturated heterocycles. The number of H-pyrrole nitrogens is 1. The minimum atomic E-state index is 0.107. The minimum absolute atomic E-state index is 0.107. The van der Waals surface area contributed by atoms with E-state index in [-0.39, 0.29) is 11.4 Å². The number of hydrogen-bond donors (Lipinski definition) is 1. The van der Waals surface area contributed by atoms with E-state index < -0.39 is 0 Å². The van der Waals surface area contributed by atoms with Crippen LogP contribution in [0.2, 0.25) is 5.02 Å². The van der Waals surface area contributed by atoms with Crippen LogP contribution in [0.1, 0.15) is 41.9 Å². The third kappa shape index (κ3) is 3.35. The summed E-state index contributed by atoms with van der Waals surface area (Å²) in [6.45, 7) is 11.5. The SMILES string of the molecule is C=C1C[C@@H](c2nc3ccc(Cl)c(C)c3[nH]2)N(N2[C]=C(c3cccc(C)c3)SC2C)C1. The number of aromatic amines is 1. The molecule has 2 aliphatic heterocycles. The average molecular weight is 436 g/mol. The Bertz CT molecular complexity index is 1180. The van der Waals surface area contributed by atoms with E-state index in [4.69, 9.17) is 16.6 Å². The maximum Gasteiger partial charge on any atom is 0.126 e. The highest BCUT2D eigenvalue weighted by Crippen LogP contribution is 2.44. The van der Waals surface area contributed by atoms with Crippen LogP contribution in [-0.2, 0) is 0 Å². The Kier molecular flexibility index (Phi) is 4.92. The van der Waals surface area contributed by atoms with Gasteiger partial charge in [-0.15, -0.1) is 0 Å². The van der Waals surface area contributed by atoms with Crippen molar-refractivity contribution in [2.45, 2.75) is 38.6 Å². The van der Waals surface area contributed by atoms with Crippen LogP contribution in [0.4, 0.5) is 0 Å². The van der Waals surface area contributed by atoms with E-state index in [2.05, 4.69) is 65.9 Å². The van der Waals surface area contributed by atoms with Crippen LogP contribution >= 0.6 is 23.4 Å². The maximum absolute atomic E-state index is 6.32. The molecule has 6 heteroatoms. The second-order valence-electron chi connectivity index (χ2n) is 8.13. The summed E-state index contributed by atoms with van der Waals surface area (Å²) < 4.78 is 0. The molecule has 2 aromatic carbocycles. The summed E-state index contributed by atoms with van der Waals surface area (Å²) in [7, 11) is 0. The molecule has 0 saturated carbocycles. The van der Waals surface area contributed by atoms with Gasteiger partial charge in [-0.3, -0.25) is 5.01 Å². The van der Waals surface area contributed by atoms with Crippen LogP contribution in [0, 0.1) is 20.0 Å². The molecule has 0 bridgehead atoms. The molecule has 2 atom stereocenters. The Morgan fingerprint density at radius 3 is 2.90 bits per heavy atom. The molecule has 4 nitrogen and oxygen atoms in total. The Labute approximate surface area is 186 Å². The standard InChI is InChI=1S/C24H24ClN4S/c1-14-6-5-7-18(10-14)22-13-28(17(4)30-22)29-12-15(2)11-21(29)24-26-20-9-8-19(25)16(3)23(20)27-24/h5-10,17,21H,2,11-12H2,1,3-4H3,(H,26,27)/t17?,21-/m0/s1. The molecule has 2 aliphatic rings. The van der Waals surface area contributed by atoms with Crippen LogP contribution in [0.3, 0.4) is 0 Å². The van der Waals surface area contributed by atoms with Crippen molar-refractivity contribution in [1.82, 2.24) is 20.0 Å². The first-order valence-corrected chi connectivity index (χ1v) is 11.4. The Morgan fingerprint density at radius 2 is 2.10 bits per heavy atom. The van der Waals surface area contributed by atoms with Crippen molar-refractivity contribution in [1.29, 1.82) is 0 Å². The number of hydrogen-bond acceptors (Lipinski definition) is 4. The van der Waals surface area contributed by atoms with Crippen LogP contribution < -0.4 is 0 Å². The zero-order chi connectivity index (χ0) is 21.0. The average Bonchev–Trinajstić information content (AvgIpc) is 3.41. The minimum Gasteiger partial charge on any atom is -0.340 e. The van der Waals surface area contributed by atoms with Crippen molar-refractivity contribution in [3.63, 3.8) is 0 Å². The van der Waals surface area contributed by atoms with E-state index >= 15 is 0 Å². The molecule has 1 aromatic heterocycles. The number of halogens is 1. The number of fused-ring (bicyclic) bond motifs is 1. The number of imidazole rings is 1. The van der Waals surface area contributed by atoms with Crippen molar-refractivity contribution in [2.75, 3.05) is 6.54 Å². The molecule has 30 heavy (non-hydrogen) atoms. The topological polar surface area (TPSA) is 35.2 Å². The van der Waals surface area contributed by atoms with E-state index in [1.807, 2.05) is 30.8 Å². The highest BCUT2D eigenvalue weighted by molar-refractivity contribution is 8.09. The fraction of sp³-hybridized carbons (Fsp3) is 0.292. The number of hydrazine groups is 1. The summed E-state index contributed by atoms with van der Waals surface area (Å²) in [5.41, 5.74) is 6.69. The van der Waals surface area contributed by atoms with E-state index in [9.17, 15) is 0 Å². The number of nitrogens with zero attached hydrogens (tertiary/aromatic N) is 3. The Hall–Kier alpha value is -2.21. The number of aryl methyl sites for hydroxylation is 2. The van der Waals surface area contributed by atoms with Gasteiger partial charge in [0.05, 0.1) is 28.6 Å². The van der Waals surface area contributed by atoms with E-state index in [0.717, 1.165) is 40.4 Å². The number of nitrogens with one attached hydrogen (secondary N) is 1.